The molecule has 8 nitrogen and oxygen atoms in total. The van der Waals surface area contributed by atoms with Gasteiger partial charge in [-0.15, -0.1) is 0 Å². The molecule has 1 unspecified atom stereocenters. The Labute approximate surface area is 180 Å². The Morgan fingerprint density at radius 2 is 2.03 bits per heavy atom. The molecule has 0 spiro atoms. The number of aromatic nitrogens is 1. The van der Waals surface area contributed by atoms with Crippen LogP contribution in [0.5, 0.6) is 0 Å². The highest BCUT2D eigenvalue weighted by Gasteiger charge is 2.31. The third-order valence-corrected chi connectivity index (χ3v) is 5.84. The van der Waals surface area contributed by atoms with E-state index in [1.807, 2.05) is 32.4 Å². The molecule has 3 rings (SSSR count). The van der Waals surface area contributed by atoms with Gasteiger partial charge in [-0.1, -0.05) is 6.07 Å². The highest BCUT2D eigenvalue weighted by molar-refractivity contribution is 5.81. The molecule has 1 aromatic heterocycles. The molecule has 3 heterocycles. The summed E-state index contributed by atoms with van der Waals surface area (Å²) >= 11 is 0. The molecular formula is C22H37N7O. The number of carbonyl (C=O) groups excluding carboxylic acids is 1. The number of nitrogens with one attached hydrogen (secondary N) is 1. The number of piperazine rings is 1. The van der Waals surface area contributed by atoms with E-state index >= 15 is 0 Å². The quantitative estimate of drug-likeness (QED) is 0.409. The Morgan fingerprint density at radius 3 is 2.70 bits per heavy atom. The summed E-state index contributed by atoms with van der Waals surface area (Å²) in [6.45, 7) is 9.48. The van der Waals surface area contributed by atoms with Crippen LogP contribution in [0.1, 0.15) is 26.2 Å². The van der Waals surface area contributed by atoms with Crippen LogP contribution in [0.3, 0.4) is 0 Å². The maximum atomic E-state index is 12.3. The van der Waals surface area contributed by atoms with Crippen LogP contribution in [0, 0.1) is 0 Å². The van der Waals surface area contributed by atoms with Crippen molar-refractivity contribution in [3.63, 3.8) is 0 Å². The third-order valence-electron chi connectivity index (χ3n) is 5.84. The summed E-state index contributed by atoms with van der Waals surface area (Å²) in [5, 5.41) is 3.44. The highest BCUT2D eigenvalue weighted by atomic mass is 16.2. The fourth-order valence-corrected chi connectivity index (χ4v) is 4.24. The molecular weight excluding hydrogens is 378 g/mol. The molecule has 0 radical (unpaired) electrons. The summed E-state index contributed by atoms with van der Waals surface area (Å²) in [6.07, 6.45) is 4.91. The van der Waals surface area contributed by atoms with Crippen molar-refractivity contribution in [2.45, 2.75) is 32.2 Å². The summed E-state index contributed by atoms with van der Waals surface area (Å²) in [6, 6.07) is 6.12. The van der Waals surface area contributed by atoms with E-state index in [0.717, 1.165) is 83.4 Å². The number of hydrogen-bond donors (Lipinski definition) is 1. The van der Waals surface area contributed by atoms with E-state index in [1.54, 1.807) is 4.90 Å². The van der Waals surface area contributed by atoms with E-state index in [4.69, 9.17) is 4.99 Å². The predicted octanol–water partition coefficient (Wildman–Crippen LogP) is 1.11. The normalized spacial score (nSPS) is 20.5. The van der Waals surface area contributed by atoms with E-state index in [2.05, 4.69) is 38.0 Å². The summed E-state index contributed by atoms with van der Waals surface area (Å²) in [5.41, 5.74) is 0. The average Bonchev–Trinajstić information content (AvgIpc) is 3.24. The number of likely N-dealkylation sites (tertiary alicyclic amines) is 1. The van der Waals surface area contributed by atoms with Gasteiger partial charge in [0, 0.05) is 66.1 Å². The lowest BCUT2D eigenvalue weighted by atomic mass is 10.2. The second kappa shape index (κ2) is 11.2. The van der Waals surface area contributed by atoms with Gasteiger partial charge in [-0.05, 0) is 44.9 Å². The van der Waals surface area contributed by atoms with Crippen molar-refractivity contribution in [2.24, 2.45) is 4.99 Å². The minimum Gasteiger partial charge on any atom is -0.357 e. The first-order valence-corrected chi connectivity index (χ1v) is 11.2. The second-order valence-electron chi connectivity index (χ2n) is 8.18. The highest BCUT2D eigenvalue weighted by Crippen LogP contribution is 2.19. The second-order valence-corrected chi connectivity index (χ2v) is 8.18. The third kappa shape index (κ3) is 5.84. The molecule has 0 bridgehead atoms. The Balaban J connectivity index is 1.47. The van der Waals surface area contributed by atoms with E-state index in [9.17, 15) is 4.79 Å². The summed E-state index contributed by atoms with van der Waals surface area (Å²) in [7, 11) is 3.69. The van der Waals surface area contributed by atoms with E-state index in [-0.39, 0.29) is 11.9 Å². The molecule has 30 heavy (non-hydrogen) atoms. The number of hydrogen-bond acceptors (Lipinski definition) is 5. The first-order chi connectivity index (χ1) is 14.6. The Hall–Kier alpha value is -2.35. The fraction of sp³-hybridized carbons (Fsp3) is 0.682. The number of guanidine groups is 1. The van der Waals surface area contributed by atoms with Crippen molar-refractivity contribution in [2.75, 3.05) is 71.4 Å². The zero-order valence-corrected chi connectivity index (χ0v) is 18.8. The van der Waals surface area contributed by atoms with Crippen molar-refractivity contribution in [1.29, 1.82) is 0 Å². The Bertz CT molecular complexity index is 686. The number of amides is 1. The molecule has 166 valence electrons. The van der Waals surface area contributed by atoms with Gasteiger partial charge < -0.3 is 20.0 Å². The predicted molar refractivity (Wildman–Crippen MR) is 122 cm³/mol. The van der Waals surface area contributed by atoms with Crippen LogP contribution >= 0.6 is 0 Å². The molecule has 1 amide bonds. The minimum atomic E-state index is 0.0527. The molecule has 0 aliphatic carbocycles. The molecule has 2 aliphatic rings. The van der Waals surface area contributed by atoms with Gasteiger partial charge in [0.25, 0.3) is 0 Å². The van der Waals surface area contributed by atoms with Crippen LogP contribution in [0.4, 0.5) is 5.82 Å². The van der Waals surface area contributed by atoms with E-state index < -0.39 is 0 Å². The SMILES string of the molecule is CCNC(=NCCCN1CCCC1C(=O)N(C)C)N1CCN(c2ccccn2)CC1. The van der Waals surface area contributed by atoms with Crippen LogP contribution in [0.2, 0.25) is 0 Å². The number of likely N-dealkylation sites (N-methyl/N-ethyl adjacent to an activating group) is 1. The van der Waals surface area contributed by atoms with Crippen molar-refractivity contribution in [3.05, 3.63) is 24.4 Å². The molecule has 0 saturated carbocycles. The zero-order chi connectivity index (χ0) is 21.3. The fourth-order valence-electron chi connectivity index (χ4n) is 4.24. The van der Waals surface area contributed by atoms with Crippen molar-refractivity contribution < 1.29 is 4.79 Å². The number of aliphatic imine (C=N–C) groups is 1. The van der Waals surface area contributed by atoms with Crippen LogP contribution in [0.15, 0.2) is 29.4 Å². The maximum absolute atomic E-state index is 12.3. The van der Waals surface area contributed by atoms with Crippen LogP contribution in [-0.4, -0.2) is 104 Å². The number of rotatable bonds is 7. The van der Waals surface area contributed by atoms with E-state index in [1.165, 1.54) is 0 Å². The molecule has 0 aromatic carbocycles. The summed E-state index contributed by atoms with van der Waals surface area (Å²) in [5.74, 6) is 2.28. The smallest absolute Gasteiger partial charge is 0.239 e. The van der Waals surface area contributed by atoms with Crippen molar-refractivity contribution in [1.82, 2.24) is 25.0 Å². The maximum Gasteiger partial charge on any atom is 0.239 e. The van der Waals surface area contributed by atoms with Crippen LogP contribution < -0.4 is 10.2 Å². The summed E-state index contributed by atoms with van der Waals surface area (Å²) < 4.78 is 0. The first kappa shape index (κ1) is 22.3. The lowest BCUT2D eigenvalue weighted by molar-refractivity contribution is -0.133. The van der Waals surface area contributed by atoms with Crippen molar-refractivity contribution >= 4 is 17.7 Å². The largest absolute Gasteiger partial charge is 0.357 e. The first-order valence-electron chi connectivity index (χ1n) is 11.2. The monoisotopic (exact) mass is 415 g/mol. The molecule has 1 aromatic rings. The number of nitrogens with zero attached hydrogens (tertiary/aromatic N) is 6. The van der Waals surface area contributed by atoms with E-state index in [0.29, 0.717) is 0 Å². The lowest BCUT2D eigenvalue weighted by Crippen LogP contribution is -2.52. The van der Waals surface area contributed by atoms with Gasteiger partial charge in [-0.25, -0.2) is 4.98 Å². The summed E-state index contributed by atoms with van der Waals surface area (Å²) in [4.78, 5) is 30.4. The van der Waals surface area contributed by atoms with Gasteiger partial charge in [0.1, 0.15) is 5.82 Å². The molecule has 2 saturated heterocycles. The Kier molecular flexibility index (Phi) is 8.30. The molecule has 2 fully saturated rings. The zero-order valence-electron chi connectivity index (χ0n) is 18.8. The number of carbonyl (C=O) groups is 1. The lowest BCUT2D eigenvalue weighted by Gasteiger charge is -2.37. The molecule has 1 N–H and O–H groups in total. The number of pyridine rings is 1. The topological polar surface area (TPSA) is 67.3 Å². The Morgan fingerprint density at radius 1 is 1.23 bits per heavy atom. The minimum absolute atomic E-state index is 0.0527. The number of anilines is 1. The van der Waals surface area contributed by atoms with Gasteiger partial charge in [0.2, 0.25) is 5.91 Å². The van der Waals surface area contributed by atoms with Gasteiger partial charge in [-0.3, -0.25) is 14.7 Å². The van der Waals surface area contributed by atoms with Gasteiger partial charge in [0.05, 0.1) is 6.04 Å². The van der Waals surface area contributed by atoms with Crippen LogP contribution in [0.25, 0.3) is 0 Å². The van der Waals surface area contributed by atoms with Gasteiger partial charge in [-0.2, -0.15) is 0 Å². The molecule has 1 atom stereocenters. The molecule has 8 heteroatoms. The standard InChI is InChI=1S/C22H37N7O/c1-4-23-22(29-17-15-28(16-18-29)20-10-5-6-11-24-20)25-12-8-14-27-13-7-9-19(27)21(30)26(2)3/h5-6,10-11,19H,4,7-9,12-18H2,1-3H3,(H,23,25). The van der Waals surface area contributed by atoms with Crippen LogP contribution in [-0.2, 0) is 4.79 Å². The molecule has 2 aliphatic heterocycles. The van der Waals surface area contributed by atoms with Crippen molar-refractivity contribution in [3.8, 4) is 0 Å². The van der Waals surface area contributed by atoms with Gasteiger partial charge in [0.15, 0.2) is 5.96 Å². The van der Waals surface area contributed by atoms with Gasteiger partial charge >= 0.3 is 0 Å². The average molecular weight is 416 g/mol.